The van der Waals surface area contributed by atoms with Gasteiger partial charge in [-0.2, -0.15) is 0 Å². The Kier molecular flexibility index (Phi) is 3.52. The van der Waals surface area contributed by atoms with E-state index in [4.69, 9.17) is 11.1 Å². The van der Waals surface area contributed by atoms with Crippen LogP contribution in [-0.4, -0.2) is 12.4 Å². The van der Waals surface area contributed by atoms with Crippen LogP contribution in [0.4, 0.5) is 10.1 Å². The van der Waals surface area contributed by atoms with E-state index in [1.807, 2.05) is 4.90 Å². The first kappa shape index (κ1) is 13.6. The van der Waals surface area contributed by atoms with Crippen LogP contribution in [0.25, 0.3) is 0 Å². The quantitative estimate of drug-likeness (QED) is 0.641. The number of nitrogen functional groups attached to an aromatic ring is 1. The highest BCUT2D eigenvalue weighted by Gasteiger charge is 2.22. The van der Waals surface area contributed by atoms with Gasteiger partial charge < -0.3 is 10.6 Å². The van der Waals surface area contributed by atoms with Gasteiger partial charge in [0.1, 0.15) is 5.84 Å². The van der Waals surface area contributed by atoms with Crippen LogP contribution < -0.4 is 10.6 Å². The fourth-order valence-electron chi connectivity index (χ4n) is 2.45. The second-order valence-electron chi connectivity index (χ2n) is 4.71. The average Bonchev–Trinajstić information content (AvgIpc) is 2.88. The predicted octanol–water partition coefficient (Wildman–Crippen LogP) is 3.50. The molecule has 0 bridgehead atoms. The highest BCUT2D eigenvalue weighted by Crippen LogP contribution is 2.33. The molecule has 20 heavy (non-hydrogen) atoms. The van der Waals surface area contributed by atoms with Gasteiger partial charge in [0.2, 0.25) is 0 Å². The predicted molar refractivity (Wildman–Crippen MR) is 84.2 cm³/mol. The lowest BCUT2D eigenvalue weighted by Gasteiger charge is -2.29. The third kappa shape index (κ3) is 2.23. The van der Waals surface area contributed by atoms with Crippen molar-refractivity contribution in [2.24, 2.45) is 5.73 Å². The van der Waals surface area contributed by atoms with E-state index in [0.29, 0.717) is 11.3 Å². The minimum absolute atomic E-state index is 0.138. The lowest BCUT2D eigenvalue weighted by atomic mass is 10.1. The number of anilines is 1. The maximum Gasteiger partial charge on any atom is 0.161 e. The van der Waals surface area contributed by atoms with Gasteiger partial charge in [0, 0.05) is 23.5 Å². The summed E-state index contributed by atoms with van der Waals surface area (Å²) in [6.45, 7) is 1.53. The van der Waals surface area contributed by atoms with Gasteiger partial charge in [-0.1, -0.05) is 0 Å². The van der Waals surface area contributed by atoms with Gasteiger partial charge >= 0.3 is 0 Å². The minimum Gasteiger partial charge on any atom is -0.384 e. The van der Waals surface area contributed by atoms with Crippen molar-refractivity contribution in [2.45, 2.75) is 13.0 Å². The van der Waals surface area contributed by atoms with Crippen LogP contribution in [0.3, 0.4) is 0 Å². The van der Waals surface area contributed by atoms with Crippen LogP contribution in [-0.2, 0) is 13.0 Å². The molecule has 1 aliphatic heterocycles. The van der Waals surface area contributed by atoms with Crippen molar-refractivity contribution in [2.75, 3.05) is 11.4 Å². The topological polar surface area (TPSA) is 53.1 Å². The molecule has 3 N–H and O–H groups in total. The van der Waals surface area contributed by atoms with Gasteiger partial charge in [0.15, 0.2) is 5.82 Å². The summed E-state index contributed by atoms with van der Waals surface area (Å²) in [5.74, 6) is -0.488. The summed E-state index contributed by atoms with van der Waals surface area (Å²) >= 11 is 4.96. The van der Waals surface area contributed by atoms with Crippen molar-refractivity contribution in [1.29, 1.82) is 5.41 Å². The zero-order chi connectivity index (χ0) is 14.3. The lowest BCUT2D eigenvalue weighted by molar-refractivity contribution is 0.605. The highest BCUT2D eigenvalue weighted by molar-refractivity contribution is 9.10. The lowest BCUT2D eigenvalue weighted by Crippen LogP contribution is -2.30. The summed E-state index contributed by atoms with van der Waals surface area (Å²) in [7, 11) is 0. The van der Waals surface area contributed by atoms with E-state index >= 15 is 0 Å². The first-order valence-corrected chi connectivity index (χ1v) is 7.87. The first-order chi connectivity index (χ1) is 9.58. The van der Waals surface area contributed by atoms with Crippen LogP contribution in [0.5, 0.6) is 0 Å². The molecule has 1 aliphatic rings. The number of rotatable bonds is 2. The van der Waals surface area contributed by atoms with Crippen LogP contribution in [0.15, 0.2) is 28.1 Å². The number of fused-ring (bicyclic) bond motifs is 1. The molecule has 104 valence electrons. The molecule has 1 aromatic carbocycles. The Morgan fingerprint density at radius 2 is 2.20 bits per heavy atom. The van der Waals surface area contributed by atoms with Crippen molar-refractivity contribution in [3.8, 4) is 0 Å². The molecule has 3 nitrogen and oxygen atoms in total. The van der Waals surface area contributed by atoms with Crippen LogP contribution in [0.2, 0.25) is 0 Å². The van der Waals surface area contributed by atoms with E-state index in [9.17, 15) is 4.39 Å². The molecule has 1 aromatic heterocycles. The molecule has 0 unspecified atom stereocenters. The summed E-state index contributed by atoms with van der Waals surface area (Å²) in [5.41, 5.74) is 7.65. The van der Waals surface area contributed by atoms with Gasteiger partial charge in [0.05, 0.1) is 10.2 Å². The summed E-state index contributed by atoms with van der Waals surface area (Å²) in [5, 5.41) is 9.52. The SMILES string of the molecule is N=C(N)c1ccc(N2CCc3sccc3C2)c(F)c1Br. The number of hydrogen-bond donors (Lipinski definition) is 2. The standard InChI is InChI=1S/C14H13BrFN3S/c15-12-9(14(17)18)1-2-10(13(12)16)19-5-3-11-8(7-19)4-6-20-11/h1-2,4,6H,3,5,7H2,(H3,17,18). The van der Waals surface area contributed by atoms with Crippen LogP contribution in [0, 0.1) is 11.2 Å². The molecule has 0 amide bonds. The monoisotopic (exact) mass is 353 g/mol. The molecule has 0 saturated carbocycles. The van der Waals surface area contributed by atoms with Gasteiger partial charge in [0.25, 0.3) is 0 Å². The van der Waals surface area contributed by atoms with Gasteiger partial charge in [-0.25, -0.2) is 4.39 Å². The van der Waals surface area contributed by atoms with Gasteiger partial charge in [-0.3, -0.25) is 5.41 Å². The number of benzene rings is 1. The molecule has 2 aromatic rings. The molecule has 0 radical (unpaired) electrons. The maximum absolute atomic E-state index is 14.5. The molecular weight excluding hydrogens is 341 g/mol. The number of halogens is 2. The molecule has 2 heterocycles. The first-order valence-electron chi connectivity index (χ1n) is 6.20. The fourth-order valence-corrected chi connectivity index (χ4v) is 3.88. The molecule has 6 heteroatoms. The summed E-state index contributed by atoms with van der Waals surface area (Å²) < 4.78 is 14.7. The van der Waals surface area contributed by atoms with Crippen molar-refractivity contribution in [1.82, 2.24) is 0 Å². The Balaban J connectivity index is 1.96. The van der Waals surface area contributed by atoms with Gasteiger partial charge in [-0.15, -0.1) is 11.3 Å². The zero-order valence-corrected chi connectivity index (χ0v) is 13.0. The highest BCUT2D eigenvalue weighted by atomic mass is 79.9. The molecule has 0 spiro atoms. The summed E-state index contributed by atoms with van der Waals surface area (Å²) in [4.78, 5) is 3.42. The fraction of sp³-hybridized carbons (Fsp3) is 0.214. The number of hydrogen-bond acceptors (Lipinski definition) is 3. The number of nitrogens with one attached hydrogen (secondary N) is 1. The summed E-state index contributed by atoms with van der Waals surface area (Å²) in [6.07, 6.45) is 0.943. The van der Waals surface area contributed by atoms with Crippen LogP contribution in [0.1, 0.15) is 16.0 Å². The molecule has 0 aliphatic carbocycles. The van der Waals surface area contributed by atoms with E-state index in [2.05, 4.69) is 27.4 Å². The van der Waals surface area contributed by atoms with Crippen LogP contribution >= 0.6 is 27.3 Å². The Hall–Kier alpha value is -1.40. The van der Waals surface area contributed by atoms with E-state index in [1.165, 1.54) is 10.4 Å². The third-order valence-corrected chi connectivity index (χ3v) is 5.30. The normalized spacial score (nSPS) is 14.2. The minimum atomic E-state index is -0.351. The Bertz CT molecular complexity index is 683. The largest absolute Gasteiger partial charge is 0.384 e. The third-order valence-electron chi connectivity index (χ3n) is 3.50. The number of thiophene rings is 1. The van der Waals surface area contributed by atoms with E-state index in [0.717, 1.165) is 19.5 Å². The number of amidine groups is 1. The number of nitrogens with two attached hydrogens (primary N) is 1. The molecule has 0 saturated heterocycles. The maximum atomic E-state index is 14.5. The molecule has 0 atom stereocenters. The molecule has 3 rings (SSSR count). The smallest absolute Gasteiger partial charge is 0.161 e. The Labute approximate surface area is 128 Å². The van der Waals surface area contributed by atoms with E-state index in [-0.39, 0.29) is 16.1 Å². The Morgan fingerprint density at radius 3 is 2.95 bits per heavy atom. The zero-order valence-electron chi connectivity index (χ0n) is 10.6. The van der Waals surface area contributed by atoms with E-state index < -0.39 is 0 Å². The second-order valence-corrected chi connectivity index (χ2v) is 6.51. The van der Waals surface area contributed by atoms with E-state index in [1.54, 1.807) is 23.5 Å². The average molecular weight is 354 g/mol. The number of nitrogens with zero attached hydrogens (tertiary/aromatic N) is 1. The van der Waals surface area contributed by atoms with Crippen molar-refractivity contribution in [3.05, 3.63) is 49.9 Å². The Morgan fingerprint density at radius 1 is 1.40 bits per heavy atom. The summed E-state index contributed by atoms with van der Waals surface area (Å²) in [6, 6.07) is 5.49. The molecular formula is C14H13BrFN3S. The van der Waals surface area contributed by atoms with Crippen molar-refractivity contribution in [3.63, 3.8) is 0 Å². The second kappa shape index (κ2) is 5.18. The van der Waals surface area contributed by atoms with Crippen molar-refractivity contribution < 1.29 is 4.39 Å². The molecule has 0 fully saturated rings. The van der Waals surface area contributed by atoms with Gasteiger partial charge in [-0.05, 0) is 51.5 Å². The van der Waals surface area contributed by atoms with Crippen molar-refractivity contribution >= 4 is 38.8 Å².